The van der Waals surface area contributed by atoms with Crippen molar-refractivity contribution < 1.29 is 23.5 Å². The van der Waals surface area contributed by atoms with Gasteiger partial charge < -0.3 is 20.7 Å². The number of halogens is 2. The highest BCUT2D eigenvalue weighted by Gasteiger charge is 2.17. The van der Waals surface area contributed by atoms with E-state index < -0.39 is 17.8 Å². The van der Waals surface area contributed by atoms with Crippen LogP contribution in [0.5, 0.6) is 0 Å². The van der Waals surface area contributed by atoms with Crippen LogP contribution >= 0.6 is 22.9 Å². The molecule has 3 N–H and O–H groups in total. The maximum absolute atomic E-state index is 13.1. The van der Waals surface area contributed by atoms with Crippen LogP contribution in [0, 0.1) is 12.7 Å². The minimum absolute atomic E-state index is 0.00200. The van der Waals surface area contributed by atoms with Gasteiger partial charge in [-0.25, -0.2) is 9.18 Å². The van der Waals surface area contributed by atoms with Crippen molar-refractivity contribution in [1.82, 2.24) is 10.6 Å². The summed E-state index contributed by atoms with van der Waals surface area (Å²) in [6.45, 7) is 4.15. The maximum Gasteiger partial charge on any atom is 0.407 e. The van der Waals surface area contributed by atoms with Crippen molar-refractivity contribution >= 4 is 45.8 Å². The number of aryl methyl sites for hydroxylation is 1. The first-order chi connectivity index (χ1) is 13.3. The van der Waals surface area contributed by atoms with E-state index in [2.05, 4.69) is 16.0 Å². The summed E-state index contributed by atoms with van der Waals surface area (Å²) in [6.07, 6.45) is -0.548. The van der Waals surface area contributed by atoms with Gasteiger partial charge in [0.25, 0.3) is 11.8 Å². The fourth-order valence-corrected chi connectivity index (χ4v) is 3.46. The lowest BCUT2D eigenvalue weighted by atomic mass is 10.2. The van der Waals surface area contributed by atoms with Crippen molar-refractivity contribution in [3.8, 4) is 0 Å². The maximum atomic E-state index is 13.1. The molecule has 150 valence electrons. The molecule has 10 heteroatoms. The third-order valence-electron chi connectivity index (χ3n) is 3.49. The number of hydrogen-bond acceptors (Lipinski definition) is 5. The molecule has 28 heavy (non-hydrogen) atoms. The number of nitrogens with one attached hydrogen (secondary N) is 3. The van der Waals surface area contributed by atoms with Crippen LogP contribution < -0.4 is 16.0 Å². The van der Waals surface area contributed by atoms with Gasteiger partial charge in [-0.05, 0) is 43.7 Å². The second-order valence-electron chi connectivity index (χ2n) is 5.60. The van der Waals surface area contributed by atoms with E-state index in [9.17, 15) is 18.8 Å². The number of ether oxygens (including phenoxy) is 1. The van der Waals surface area contributed by atoms with Gasteiger partial charge in [0.15, 0.2) is 0 Å². The number of carbonyl (C=O) groups excluding carboxylic acids is 3. The molecule has 0 unspecified atom stereocenters. The predicted molar refractivity (Wildman–Crippen MR) is 106 cm³/mol. The molecule has 1 heterocycles. The van der Waals surface area contributed by atoms with Crippen LogP contribution in [0.2, 0.25) is 5.02 Å². The van der Waals surface area contributed by atoms with Crippen molar-refractivity contribution in [2.45, 2.75) is 13.8 Å². The molecule has 2 rings (SSSR count). The van der Waals surface area contributed by atoms with Gasteiger partial charge in [0.1, 0.15) is 5.82 Å². The molecule has 0 aliphatic rings. The molecule has 3 amide bonds. The van der Waals surface area contributed by atoms with Crippen molar-refractivity contribution in [2.75, 3.05) is 25.0 Å². The molecular formula is C18H19ClFN3O4S. The Bertz CT molecular complexity index is 888. The Balaban J connectivity index is 1.93. The molecule has 1 aromatic carbocycles. The summed E-state index contributed by atoms with van der Waals surface area (Å²) in [5.74, 6) is -1.37. The average molecular weight is 428 g/mol. The summed E-state index contributed by atoms with van der Waals surface area (Å²) in [6, 6.07) is 5.15. The SMILES string of the molecule is CCOC(=O)NCCNC(=O)c1sc(NC(=O)c2ccc(F)cc2Cl)cc1C. The fraction of sp³-hybridized carbons (Fsp3) is 0.278. The van der Waals surface area contributed by atoms with Crippen LogP contribution in [0.15, 0.2) is 24.3 Å². The van der Waals surface area contributed by atoms with Crippen LogP contribution in [-0.2, 0) is 4.74 Å². The number of alkyl carbamates (subject to hydrolysis) is 1. The minimum atomic E-state index is -0.548. The number of hydrogen-bond donors (Lipinski definition) is 3. The normalized spacial score (nSPS) is 10.3. The number of carbonyl (C=O) groups is 3. The van der Waals surface area contributed by atoms with E-state index in [0.29, 0.717) is 15.4 Å². The number of rotatable bonds is 7. The van der Waals surface area contributed by atoms with E-state index >= 15 is 0 Å². The van der Waals surface area contributed by atoms with E-state index in [0.717, 1.165) is 23.5 Å². The first-order valence-corrected chi connectivity index (χ1v) is 9.57. The highest BCUT2D eigenvalue weighted by atomic mass is 35.5. The smallest absolute Gasteiger partial charge is 0.407 e. The second kappa shape index (κ2) is 10.0. The van der Waals surface area contributed by atoms with Crippen LogP contribution in [0.25, 0.3) is 0 Å². The molecule has 7 nitrogen and oxygen atoms in total. The van der Waals surface area contributed by atoms with Gasteiger partial charge in [-0.1, -0.05) is 11.6 Å². The van der Waals surface area contributed by atoms with E-state index in [1.165, 1.54) is 6.07 Å². The number of benzene rings is 1. The molecule has 0 fully saturated rings. The Hall–Kier alpha value is -2.65. The minimum Gasteiger partial charge on any atom is -0.450 e. The Kier molecular flexibility index (Phi) is 7.77. The summed E-state index contributed by atoms with van der Waals surface area (Å²) < 4.78 is 17.8. The van der Waals surface area contributed by atoms with Crippen LogP contribution in [0.3, 0.4) is 0 Å². The van der Waals surface area contributed by atoms with Gasteiger partial charge in [-0.2, -0.15) is 0 Å². The Labute approximate surface area is 170 Å². The summed E-state index contributed by atoms with van der Waals surface area (Å²) in [5, 5.41) is 8.28. The van der Waals surface area contributed by atoms with Crippen molar-refractivity contribution in [3.63, 3.8) is 0 Å². The van der Waals surface area contributed by atoms with Crippen LogP contribution in [0.4, 0.5) is 14.2 Å². The highest BCUT2D eigenvalue weighted by molar-refractivity contribution is 7.18. The Morgan fingerprint density at radius 2 is 1.86 bits per heavy atom. The number of thiophene rings is 1. The summed E-state index contributed by atoms with van der Waals surface area (Å²) in [7, 11) is 0. The standard InChI is InChI=1S/C18H19ClFN3O4S/c1-3-27-18(26)22-7-6-21-17(25)15-10(2)8-14(28-15)23-16(24)12-5-4-11(20)9-13(12)19/h4-5,8-9H,3,6-7H2,1-2H3,(H,21,25)(H,22,26)(H,23,24). The largest absolute Gasteiger partial charge is 0.450 e. The molecule has 1 aromatic heterocycles. The first-order valence-electron chi connectivity index (χ1n) is 8.37. The monoisotopic (exact) mass is 427 g/mol. The zero-order chi connectivity index (χ0) is 20.7. The summed E-state index contributed by atoms with van der Waals surface area (Å²) in [5.41, 5.74) is 0.812. The summed E-state index contributed by atoms with van der Waals surface area (Å²) in [4.78, 5) is 36.2. The molecule has 0 aliphatic heterocycles. The zero-order valence-electron chi connectivity index (χ0n) is 15.2. The third-order valence-corrected chi connectivity index (χ3v) is 4.96. The zero-order valence-corrected chi connectivity index (χ0v) is 16.8. The molecule has 0 bridgehead atoms. The fourth-order valence-electron chi connectivity index (χ4n) is 2.22. The molecule has 0 spiro atoms. The number of amides is 3. The lowest BCUT2D eigenvalue weighted by molar-refractivity contribution is 0.0954. The predicted octanol–water partition coefficient (Wildman–Crippen LogP) is 3.58. The molecule has 0 radical (unpaired) electrons. The van der Waals surface area contributed by atoms with Gasteiger partial charge in [-0.3, -0.25) is 9.59 Å². The lowest BCUT2D eigenvalue weighted by Gasteiger charge is -2.06. The summed E-state index contributed by atoms with van der Waals surface area (Å²) >= 11 is 6.99. The quantitative estimate of drug-likeness (QED) is 0.588. The van der Waals surface area contributed by atoms with E-state index in [1.807, 2.05) is 0 Å². The van der Waals surface area contributed by atoms with Gasteiger partial charge in [0, 0.05) is 13.1 Å². The first kappa shape index (κ1) is 21.6. The topological polar surface area (TPSA) is 96.5 Å². The van der Waals surface area contributed by atoms with E-state index in [-0.39, 0.29) is 36.2 Å². The second-order valence-corrected chi connectivity index (χ2v) is 7.06. The van der Waals surface area contributed by atoms with Crippen molar-refractivity contribution in [1.29, 1.82) is 0 Å². The van der Waals surface area contributed by atoms with Gasteiger partial charge in [0.2, 0.25) is 0 Å². The number of anilines is 1. The van der Waals surface area contributed by atoms with Crippen LogP contribution in [-0.4, -0.2) is 37.6 Å². The van der Waals surface area contributed by atoms with Gasteiger partial charge in [0.05, 0.1) is 27.1 Å². The molecule has 2 aromatic rings. The van der Waals surface area contributed by atoms with Crippen LogP contribution in [0.1, 0.15) is 32.5 Å². The third kappa shape index (κ3) is 5.93. The van der Waals surface area contributed by atoms with Crippen molar-refractivity contribution in [3.05, 3.63) is 51.1 Å². The van der Waals surface area contributed by atoms with Gasteiger partial charge >= 0.3 is 6.09 Å². The highest BCUT2D eigenvalue weighted by Crippen LogP contribution is 2.28. The molecule has 0 saturated carbocycles. The molecule has 0 saturated heterocycles. The molecule has 0 atom stereocenters. The molecule has 0 aliphatic carbocycles. The average Bonchev–Trinajstić information content (AvgIpc) is 2.99. The molecular weight excluding hydrogens is 409 g/mol. The van der Waals surface area contributed by atoms with E-state index in [1.54, 1.807) is 19.9 Å². The van der Waals surface area contributed by atoms with Crippen molar-refractivity contribution in [2.24, 2.45) is 0 Å². The Morgan fingerprint density at radius 1 is 1.14 bits per heavy atom. The van der Waals surface area contributed by atoms with Gasteiger partial charge in [-0.15, -0.1) is 11.3 Å². The van der Waals surface area contributed by atoms with E-state index in [4.69, 9.17) is 16.3 Å². The Morgan fingerprint density at radius 3 is 2.54 bits per heavy atom. The lowest BCUT2D eigenvalue weighted by Crippen LogP contribution is -2.34.